The van der Waals surface area contributed by atoms with Crippen LogP contribution >= 0.6 is 0 Å². The summed E-state index contributed by atoms with van der Waals surface area (Å²) in [6, 6.07) is 17.5. The molecule has 1 aliphatic rings. The van der Waals surface area contributed by atoms with Gasteiger partial charge in [-0.1, -0.05) is 36.4 Å². The number of ether oxygens (including phenoxy) is 1. The van der Waals surface area contributed by atoms with Gasteiger partial charge in [0.05, 0.1) is 6.26 Å². The summed E-state index contributed by atoms with van der Waals surface area (Å²) in [7, 11) is 0. The first kappa shape index (κ1) is 16.4. The molecule has 2 aromatic heterocycles. The van der Waals surface area contributed by atoms with Gasteiger partial charge in [-0.25, -0.2) is 4.98 Å². The topological polar surface area (TPSA) is 64.4 Å². The molecule has 1 aromatic carbocycles. The fourth-order valence-corrected chi connectivity index (χ4v) is 3.03. The van der Waals surface area contributed by atoms with Crippen molar-refractivity contribution in [3.63, 3.8) is 0 Å². The first-order chi connectivity index (χ1) is 12.8. The number of amides is 1. The molecule has 5 heteroatoms. The second kappa shape index (κ2) is 7.44. The molecule has 2 heterocycles. The molecule has 0 bridgehead atoms. The van der Waals surface area contributed by atoms with E-state index in [9.17, 15) is 4.79 Å². The Bertz CT molecular complexity index is 862. The van der Waals surface area contributed by atoms with Gasteiger partial charge in [-0.15, -0.1) is 0 Å². The Morgan fingerprint density at radius 1 is 1.15 bits per heavy atom. The van der Waals surface area contributed by atoms with Crippen molar-refractivity contribution in [1.29, 1.82) is 0 Å². The van der Waals surface area contributed by atoms with Crippen molar-refractivity contribution in [2.45, 2.75) is 25.5 Å². The van der Waals surface area contributed by atoms with Gasteiger partial charge < -0.3 is 14.5 Å². The van der Waals surface area contributed by atoms with E-state index in [4.69, 9.17) is 9.15 Å². The summed E-state index contributed by atoms with van der Waals surface area (Å²) in [6.07, 6.45) is 4.18. The average molecular weight is 348 g/mol. The van der Waals surface area contributed by atoms with Crippen LogP contribution in [0, 0.1) is 5.92 Å². The van der Waals surface area contributed by atoms with Crippen molar-refractivity contribution in [3.8, 4) is 5.88 Å². The van der Waals surface area contributed by atoms with Crippen LogP contribution in [0.1, 0.15) is 29.2 Å². The highest BCUT2D eigenvalue weighted by atomic mass is 16.5. The van der Waals surface area contributed by atoms with Crippen molar-refractivity contribution < 1.29 is 13.9 Å². The molecular weight excluding hydrogens is 328 g/mol. The van der Waals surface area contributed by atoms with E-state index >= 15 is 0 Å². The number of carbonyl (C=O) groups excluding carboxylic acids is 1. The fourth-order valence-electron chi connectivity index (χ4n) is 3.03. The Labute approximate surface area is 152 Å². The first-order valence-corrected chi connectivity index (χ1v) is 8.73. The van der Waals surface area contributed by atoms with Crippen molar-refractivity contribution in [2.24, 2.45) is 5.92 Å². The number of nitrogens with one attached hydrogen (secondary N) is 1. The van der Waals surface area contributed by atoms with Gasteiger partial charge in [0, 0.05) is 30.1 Å². The third kappa shape index (κ3) is 3.77. The molecule has 1 aliphatic carbocycles. The largest absolute Gasteiger partial charge is 0.473 e. The molecule has 2 unspecified atom stereocenters. The molecule has 5 nitrogen and oxygen atoms in total. The van der Waals surface area contributed by atoms with Gasteiger partial charge in [0.2, 0.25) is 11.8 Å². The molecular formula is C21H20N2O3. The molecule has 0 aliphatic heterocycles. The Balaban J connectivity index is 1.33. The summed E-state index contributed by atoms with van der Waals surface area (Å²) in [5.74, 6) is 1.68. The molecule has 4 rings (SSSR count). The van der Waals surface area contributed by atoms with E-state index in [1.807, 2.05) is 54.6 Å². The van der Waals surface area contributed by atoms with Crippen LogP contribution in [-0.2, 0) is 17.9 Å². The number of aromatic nitrogens is 1. The zero-order chi connectivity index (χ0) is 17.8. The van der Waals surface area contributed by atoms with Gasteiger partial charge in [0.25, 0.3) is 0 Å². The van der Waals surface area contributed by atoms with E-state index in [0.717, 1.165) is 23.3 Å². The highest BCUT2D eigenvalue weighted by Gasteiger charge is 2.45. The predicted molar refractivity (Wildman–Crippen MR) is 96.4 cm³/mol. The van der Waals surface area contributed by atoms with Crippen molar-refractivity contribution in [1.82, 2.24) is 10.3 Å². The maximum atomic E-state index is 12.4. The van der Waals surface area contributed by atoms with Gasteiger partial charge in [-0.05, 0) is 30.2 Å². The van der Waals surface area contributed by atoms with Crippen LogP contribution in [0.4, 0.5) is 0 Å². The zero-order valence-electron chi connectivity index (χ0n) is 14.3. The summed E-state index contributed by atoms with van der Waals surface area (Å²) in [5.41, 5.74) is 1.94. The Morgan fingerprint density at radius 2 is 2.04 bits per heavy atom. The Hall–Kier alpha value is -3.08. The summed E-state index contributed by atoms with van der Waals surface area (Å²) in [4.78, 5) is 16.7. The number of carbonyl (C=O) groups is 1. The molecule has 1 amide bonds. The summed E-state index contributed by atoms with van der Waals surface area (Å²) >= 11 is 0. The molecule has 0 spiro atoms. The first-order valence-electron chi connectivity index (χ1n) is 8.73. The standard InChI is InChI=1S/C21H20N2O3/c24-20(18-12-17(18)19-9-5-11-25-19)23-13-16-8-4-10-22-21(16)26-14-15-6-2-1-3-7-15/h1-11,17-18H,12-14H2,(H,23,24). The summed E-state index contributed by atoms with van der Waals surface area (Å²) in [5, 5.41) is 2.99. The molecule has 3 aromatic rings. The SMILES string of the molecule is O=C(NCc1cccnc1OCc1ccccc1)C1CC1c1ccco1. The summed E-state index contributed by atoms with van der Waals surface area (Å²) in [6.45, 7) is 0.847. The molecule has 132 valence electrons. The third-order valence-corrected chi connectivity index (χ3v) is 4.56. The minimum absolute atomic E-state index is 0.00786. The van der Waals surface area contributed by atoms with Crippen LogP contribution in [0.2, 0.25) is 0 Å². The van der Waals surface area contributed by atoms with Crippen molar-refractivity contribution in [3.05, 3.63) is 83.9 Å². The molecule has 1 saturated carbocycles. The lowest BCUT2D eigenvalue weighted by molar-refractivity contribution is -0.122. The third-order valence-electron chi connectivity index (χ3n) is 4.56. The maximum Gasteiger partial charge on any atom is 0.224 e. The predicted octanol–water partition coefficient (Wildman–Crippen LogP) is 3.67. The molecule has 2 atom stereocenters. The molecule has 26 heavy (non-hydrogen) atoms. The molecule has 0 saturated heterocycles. The highest BCUT2D eigenvalue weighted by Crippen LogP contribution is 2.47. The van der Waals surface area contributed by atoms with Gasteiger partial charge in [-0.2, -0.15) is 0 Å². The smallest absolute Gasteiger partial charge is 0.224 e. The average Bonchev–Trinajstić information content (AvgIpc) is 3.31. The molecule has 1 fully saturated rings. The normalized spacial score (nSPS) is 18.3. The monoisotopic (exact) mass is 348 g/mol. The Morgan fingerprint density at radius 3 is 2.85 bits per heavy atom. The lowest BCUT2D eigenvalue weighted by Crippen LogP contribution is -2.25. The van der Waals surface area contributed by atoms with Gasteiger partial charge in [0.15, 0.2) is 0 Å². The lowest BCUT2D eigenvalue weighted by atomic mass is 10.2. The van der Waals surface area contributed by atoms with Crippen LogP contribution in [-0.4, -0.2) is 10.9 Å². The second-order valence-electron chi connectivity index (χ2n) is 6.42. The van der Waals surface area contributed by atoms with E-state index in [-0.39, 0.29) is 17.7 Å². The number of rotatable bonds is 7. The number of hydrogen-bond donors (Lipinski definition) is 1. The quantitative estimate of drug-likeness (QED) is 0.707. The van der Waals surface area contributed by atoms with Crippen LogP contribution in [0.3, 0.4) is 0 Å². The number of furan rings is 1. The van der Waals surface area contributed by atoms with Gasteiger partial charge in [-0.3, -0.25) is 4.79 Å². The zero-order valence-corrected chi connectivity index (χ0v) is 14.3. The minimum Gasteiger partial charge on any atom is -0.473 e. The minimum atomic E-state index is -0.00786. The Kier molecular flexibility index (Phi) is 4.69. The fraction of sp³-hybridized carbons (Fsp3) is 0.238. The van der Waals surface area contributed by atoms with E-state index in [0.29, 0.717) is 19.0 Å². The van der Waals surface area contributed by atoms with E-state index in [1.165, 1.54) is 0 Å². The van der Waals surface area contributed by atoms with Crippen LogP contribution < -0.4 is 10.1 Å². The van der Waals surface area contributed by atoms with Gasteiger partial charge >= 0.3 is 0 Å². The second-order valence-corrected chi connectivity index (χ2v) is 6.42. The molecule has 0 radical (unpaired) electrons. The van der Waals surface area contributed by atoms with Crippen LogP contribution in [0.5, 0.6) is 5.88 Å². The number of nitrogens with zero attached hydrogens (tertiary/aromatic N) is 1. The molecule has 1 N–H and O–H groups in total. The number of pyridine rings is 1. The highest BCUT2D eigenvalue weighted by molar-refractivity contribution is 5.82. The van der Waals surface area contributed by atoms with E-state index < -0.39 is 0 Å². The van der Waals surface area contributed by atoms with Crippen LogP contribution in [0.15, 0.2) is 71.5 Å². The number of hydrogen-bond acceptors (Lipinski definition) is 4. The van der Waals surface area contributed by atoms with Crippen molar-refractivity contribution in [2.75, 3.05) is 0 Å². The number of benzene rings is 1. The van der Waals surface area contributed by atoms with Gasteiger partial charge in [0.1, 0.15) is 12.4 Å². The van der Waals surface area contributed by atoms with Crippen LogP contribution in [0.25, 0.3) is 0 Å². The van der Waals surface area contributed by atoms with E-state index in [2.05, 4.69) is 10.3 Å². The lowest BCUT2D eigenvalue weighted by Gasteiger charge is -2.11. The summed E-state index contributed by atoms with van der Waals surface area (Å²) < 4.78 is 11.2. The maximum absolute atomic E-state index is 12.4. The van der Waals surface area contributed by atoms with Crippen molar-refractivity contribution >= 4 is 5.91 Å². The van der Waals surface area contributed by atoms with E-state index in [1.54, 1.807) is 12.5 Å².